The highest BCUT2D eigenvalue weighted by molar-refractivity contribution is 5.46. The van der Waals surface area contributed by atoms with Crippen LogP contribution < -0.4 is 14.8 Å². The van der Waals surface area contributed by atoms with Crippen molar-refractivity contribution in [1.82, 2.24) is 5.32 Å². The molecular formula is C14H23NO3. The van der Waals surface area contributed by atoms with Crippen LogP contribution in [0.1, 0.15) is 25.8 Å². The molecule has 2 N–H and O–H groups in total. The minimum atomic E-state index is 0.116. The third-order valence-corrected chi connectivity index (χ3v) is 2.86. The number of para-hydroxylation sites is 1. The Hall–Kier alpha value is -1.26. The minimum Gasteiger partial charge on any atom is -0.493 e. The second-order valence-electron chi connectivity index (χ2n) is 4.05. The first-order valence-corrected chi connectivity index (χ1v) is 6.39. The molecule has 0 spiro atoms. The highest BCUT2D eigenvalue weighted by atomic mass is 16.5. The molecule has 1 aromatic carbocycles. The minimum absolute atomic E-state index is 0.116. The van der Waals surface area contributed by atoms with Crippen molar-refractivity contribution in [2.24, 2.45) is 0 Å². The molecule has 0 fully saturated rings. The summed E-state index contributed by atoms with van der Waals surface area (Å²) in [7, 11) is 1.64. The predicted octanol–water partition coefficient (Wildman–Crippen LogP) is 1.95. The lowest BCUT2D eigenvalue weighted by Crippen LogP contribution is -2.31. The Morgan fingerprint density at radius 3 is 2.67 bits per heavy atom. The number of aliphatic hydroxyl groups is 1. The van der Waals surface area contributed by atoms with Crippen molar-refractivity contribution < 1.29 is 14.6 Å². The fraction of sp³-hybridized carbons (Fsp3) is 0.571. The summed E-state index contributed by atoms with van der Waals surface area (Å²) in [6.45, 7) is 5.40. The van der Waals surface area contributed by atoms with Crippen LogP contribution >= 0.6 is 0 Å². The first kappa shape index (κ1) is 14.8. The molecule has 0 saturated carbocycles. The van der Waals surface area contributed by atoms with E-state index >= 15 is 0 Å². The van der Waals surface area contributed by atoms with Gasteiger partial charge in [-0.15, -0.1) is 0 Å². The summed E-state index contributed by atoms with van der Waals surface area (Å²) in [6, 6.07) is 5.95. The average Bonchev–Trinajstić information content (AvgIpc) is 2.41. The first-order valence-electron chi connectivity index (χ1n) is 6.39. The quantitative estimate of drug-likeness (QED) is 0.743. The van der Waals surface area contributed by atoms with Crippen LogP contribution in [0.15, 0.2) is 18.2 Å². The molecule has 0 aliphatic carbocycles. The number of ether oxygens (including phenoxy) is 2. The van der Waals surface area contributed by atoms with Crippen molar-refractivity contribution in [1.29, 1.82) is 0 Å². The standard InChI is InChI=1S/C14H23NO3/c1-4-12(10-16)15-9-11-7-6-8-13(17-3)14(11)18-5-2/h6-8,12,15-16H,4-5,9-10H2,1-3H3. The van der Waals surface area contributed by atoms with Crippen LogP contribution in [0.2, 0.25) is 0 Å². The summed E-state index contributed by atoms with van der Waals surface area (Å²) in [5.74, 6) is 1.52. The highest BCUT2D eigenvalue weighted by Crippen LogP contribution is 2.31. The van der Waals surface area contributed by atoms with Crippen LogP contribution in [-0.4, -0.2) is 31.5 Å². The van der Waals surface area contributed by atoms with E-state index in [1.807, 2.05) is 32.0 Å². The predicted molar refractivity (Wildman–Crippen MR) is 72.2 cm³/mol. The largest absolute Gasteiger partial charge is 0.493 e. The van der Waals surface area contributed by atoms with Crippen molar-refractivity contribution >= 4 is 0 Å². The van der Waals surface area contributed by atoms with E-state index in [0.29, 0.717) is 13.2 Å². The van der Waals surface area contributed by atoms with Gasteiger partial charge in [0.05, 0.1) is 20.3 Å². The Bertz CT molecular complexity index is 351. The molecule has 0 bridgehead atoms. The lowest BCUT2D eigenvalue weighted by molar-refractivity contribution is 0.237. The summed E-state index contributed by atoms with van der Waals surface area (Å²) in [6.07, 6.45) is 0.893. The molecule has 0 aliphatic rings. The van der Waals surface area contributed by atoms with Crippen molar-refractivity contribution in [3.63, 3.8) is 0 Å². The second kappa shape index (κ2) is 7.95. The van der Waals surface area contributed by atoms with Crippen LogP contribution in [0, 0.1) is 0 Å². The smallest absolute Gasteiger partial charge is 0.165 e. The van der Waals surface area contributed by atoms with Crippen molar-refractivity contribution in [2.75, 3.05) is 20.3 Å². The number of hydrogen-bond acceptors (Lipinski definition) is 4. The Balaban J connectivity index is 2.80. The number of aliphatic hydroxyl groups excluding tert-OH is 1. The van der Waals surface area contributed by atoms with Crippen molar-refractivity contribution in [3.05, 3.63) is 23.8 Å². The van der Waals surface area contributed by atoms with Crippen molar-refractivity contribution in [2.45, 2.75) is 32.9 Å². The number of rotatable bonds is 8. The summed E-state index contributed by atoms with van der Waals surface area (Å²) >= 11 is 0. The van der Waals surface area contributed by atoms with E-state index in [1.54, 1.807) is 7.11 Å². The van der Waals surface area contributed by atoms with Gasteiger partial charge in [-0.3, -0.25) is 0 Å². The number of nitrogens with one attached hydrogen (secondary N) is 1. The highest BCUT2D eigenvalue weighted by Gasteiger charge is 2.11. The molecule has 4 nitrogen and oxygen atoms in total. The lowest BCUT2D eigenvalue weighted by Gasteiger charge is -2.17. The van der Waals surface area contributed by atoms with Gasteiger partial charge < -0.3 is 19.9 Å². The Morgan fingerprint density at radius 2 is 2.11 bits per heavy atom. The first-order chi connectivity index (χ1) is 8.76. The van der Waals surface area contributed by atoms with Gasteiger partial charge in [-0.05, 0) is 19.4 Å². The van der Waals surface area contributed by atoms with Gasteiger partial charge in [0, 0.05) is 18.2 Å². The van der Waals surface area contributed by atoms with Crippen LogP contribution in [-0.2, 0) is 6.54 Å². The third-order valence-electron chi connectivity index (χ3n) is 2.86. The number of benzene rings is 1. The molecular weight excluding hydrogens is 230 g/mol. The van der Waals surface area contributed by atoms with Gasteiger partial charge in [0.1, 0.15) is 0 Å². The molecule has 1 rings (SSSR count). The van der Waals surface area contributed by atoms with Crippen LogP contribution in [0.5, 0.6) is 11.5 Å². The fourth-order valence-electron chi connectivity index (χ4n) is 1.76. The fourth-order valence-corrected chi connectivity index (χ4v) is 1.76. The zero-order valence-corrected chi connectivity index (χ0v) is 11.4. The van der Waals surface area contributed by atoms with Crippen LogP contribution in [0.3, 0.4) is 0 Å². The van der Waals surface area contributed by atoms with E-state index in [1.165, 1.54) is 0 Å². The molecule has 1 aromatic rings. The molecule has 102 valence electrons. The van der Waals surface area contributed by atoms with Gasteiger partial charge in [0.25, 0.3) is 0 Å². The van der Waals surface area contributed by atoms with Gasteiger partial charge >= 0.3 is 0 Å². The van der Waals surface area contributed by atoms with Crippen LogP contribution in [0.4, 0.5) is 0 Å². The van der Waals surface area contributed by atoms with E-state index in [-0.39, 0.29) is 12.6 Å². The summed E-state index contributed by atoms with van der Waals surface area (Å²) in [4.78, 5) is 0. The summed E-state index contributed by atoms with van der Waals surface area (Å²) in [5.41, 5.74) is 1.04. The molecule has 18 heavy (non-hydrogen) atoms. The maximum Gasteiger partial charge on any atom is 0.165 e. The van der Waals surface area contributed by atoms with E-state index in [9.17, 15) is 0 Å². The van der Waals surface area contributed by atoms with Gasteiger partial charge in [0.15, 0.2) is 11.5 Å². The maximum absolute atomic E-state index is 9.16. The SMILES string of the molecule is CCOc1c(CNC(CC)CO)cccc1OC. The molecule has 0 amide bonds. The van der Waals surface area contributed by atoms with Gasteiger partial charge in [-0.25, -0.2) is 0 Å². The second-order valence-corrected chi connectivity index (χ2v) is 4.05. The average molecular weight is 253 g/mol. The topological polar surface area (TPSA) is 50.7 Å². The van der Waals surface area contributed by atoms with Gasteiger partial charge in [-0.1, -0.05) is 19.1 Å². The Kier molecular flexibility index (Phi) is 6.54. The van der Waals surface area contributed by atoms with Crippen LogP contribution in [0.25, 0.3) is 0 Å². The van der Waals surface area contributed by atoms with E-state index in [2.05, 4.69) is 5.32 Å². The molecule has 0 aliphatic heterocycles. The Labute approximate surface area is 109 Å². The Morgan fingerprint density at radius 1 is 1.33 bits per heavy atom. The van der Waals surface area contributed by atoms with Gasteiger partial charge in [-0.2, -0.15) is 0 Å². The molecule has 0 radical (unpaired) electrons. The normalized spacial score (nSPS) is 12.2. The van der Waals surface area contributed by atoms with E-state index in [4.69, 9.17) is 14.6 Å². The summed E-state index contributed by atoms with van der Waals surface area (Å²) < 4.78 is 10.9. The zero-order chi connectivity index (χ0) is 13.4. The lowest BCUT2D eigenvalue weighted by atomic mass is 10.1. The van der Waals surface area contributed by atoms with Crippen molar-refractivity contribution in [3.8, 4) is 11.5 Å². The number of hydrogen-bond donors (Lipinski definition) is 2. The molecule has 0 aromatic heterocycles. The van der Waals surface area contributed by atoms with Gasteiger partial charge in [0.2, 0.25) is 0 Å². The summed E-state index contributed by atoms with van der Waals surface area (Å²) in [5, 5.41) is 12.5. The molecule has 4 heteroatoms. The zero-order valence-electron chi connectivity index (χ0n) is 11.4. The van der Waals surface area contributed by atoms with E-state index in [0.717, 1.165) is 23.5 Å². The maximum atomic E-state index is 9.16. The molecule has 1 atom stereocenters. The molecule has 0 saturated heterocycles. The molecule has 1 unspecified atom stereocenters. The number of methoxy groups -OCH3 is 1. The molecule has 0 heterocycles. The third kappa shape index (κ3) is 3.89. The van der Waals surface area contributed by atoms with E-state index < -0.39 is 0 Å². The monoisotopic (exact) mass is 253 g/mol.